The first-order valence-electron chi connectivity index (χ1n) is 10.1. The molecule has 0 saturated heterocycles. The summed E-state index contributed by atoms with van der Waals surface area (Å²) in [7, 11) is 0. The van der Waals surface area contributed by atoms with Gasteiger partial charge in [-0.25, -0.2) is 19.5 Å². The lowest BCUT2D eigenvalue weighted by Gasteiger charge is -2.26. The largest absolute Gasteiger partial charge is 0.481 e. The molecule has 1 rings (SSSR count). The molecule has 2 amide bonds. The van der Waals surface area contributed by atoms with Gasteiger partial charge >= 0.3 is 23.9 Å². The summed E-state index contributed by atoms with van der Waals surface area (Å²) in [6, 6.07) is -3.14. The molecule has 0 bridgehead atoms. The van der Waals surface area contributed by atoms with Crippen LogP contribution >= 0.6 is 0 Å². The molecular formula is C19H32N6O7. The normalized spacial score (nSPS) is 13.6. The number of carboxylic acids is 1. The number of H-pyrrole nitrogens is 1. The van der Waals surface area contributed by atoms with E-state index in [1.54, 1.807) is 41.5 Å². The highest BCUT2D eigenvalue weighted by atomic mass is 16.6. The monoisotopic (exact) mass is 456 g/mol. The summed E-state index contributed by atoms with van der Waals surface area (Å²) in [4.78, 5) is 48.5. The van der Waals surface area contributed by atoms with Gasteiger partial charge in [-0.05, 0) is 64.8 Å². The number of nitrogens with zero attached hydrogens (tertiary/aromatic N) is 3. The first kappa shape index (κ1) is 26.8. The number of aromatic nitrogens is 4. The number of carboxylic acid groups (broad SMARTS) is 1. The van der Waals surface area contributed by atoms with E-state index in [-0.39, 0.29) is 25.7 Å². The lowest BCUT2D eigenvalue weighted by molar-refractivity contribution is -0.158. The van der Waals surface area contributed by atoms with Crippen LogP contribution in [0.4, 0.5) is 4.79 Å². The molecule has 0 unspecified atom stereocenters. The van der Waals surface area contributed by atoms with Gasteiger partial charge in [0, 0.05) is 12.8 Å². The quantitative estimate of drug-likeness (QED) is 0.365. The smallest absolute Gasteiger partial charge is 0.329 e. The number of nitrogens with one attached hydrogen (secondary N) is 3. The van der Waals surface area contributed by atoms with Crippen LogP contribution in [-0.2, 0) is 30.3 Å². The second kappa shape index (κ2) is 11.4. The number of esters is 2. The van der Waals surface area contributed by atoms with Crippen molar-refractivity contribution in [3.63, 3.8) is 0 Å². The van der Waals surface area contributed by atoms with E-state index < -0.39 is 47.2 Å². The number of rotatable bonds is 10. The molecular weight excluding hydrogens is 424 g/mol. The van der Waals surface area contributed by atoms with E-state index in [1.807, 2.05) is 0 Å². The lowest BCUT2D eigenvalue weighted by Crippen LogP contribution is -2.53. The molecule has 1 aromatic heterocycles. The molecule has 13 nitrogen and oxygen atoms in total. The second-order valence-electron chi connectivity index (χ2n) is 9.11. The minimum Gasteiger partial charge on any atom is -0.481 e. The van der Waals surface area contributed by atoms with E-state index in [2.05, 4.69) is 31.3 Å². The van der Waals surface area contributed by atoms with Gasteiger partial charge in [-0.2, -0.15) is 0 Å². The van der Waals surface area contributed by atoms with E-state index in [4.69, 9.17) is 14.6 Å². The van der Waals surface area contributed by atoms with Crippen molar-refractivity contribution in [2.24, 2.45) is 0 Å². The molecule has 0 aliphatic rings. The van der Waals surface area contributed by atoms with E-state index in [0.29, 0.717) is 5.82 Å². The Kier molecular flexibility index (Phi) is 9.54. The summed E-state index contributed by atoms with van der Waals surface area (Å²) < 4.78 is 10.6. The number of carbonyl (C=O) groups is 4. The standard InChI is InChI=1S/C19H32N6O7/c1-18(2,3)31-15(28)11(7-9-13-22-24-25-23-13)20-17(30)21-12(8-10-14(26)27)16(29)32-19(4,5)6/h11-12H,7-10H2,1-6H3,(H,26,27)(H2,20,21,30)(H,22,23,24,25)/t11-,12-/m0/s1. The molecule has 0 aliphatic heterocycles. The third-order valence-corrected chi connectivity index (χ3v) is 3.70. The van der Waals surface area contributed by atoms with Gasteiger partial charge in [-0.15, -0.1) is 5.10 Å². The average Bonchev–Trinajstić information content (AvgIpc) is 3.12. The van der Waals surface area contributed by atoms with Crippen LogP contribution in [0.15, 0.2) is 0 Å². The Morgan fingerprint density at radius 1 is 0.938 bits per heavy atom. The minimum atomic E-state index is -1.22. The van der Waals surface area contributed by atoms with Gasteiger partial charge in [0.05, 0.1) is 0 Å². The number of urea groups is 1. The molecule has 0 aliphatic carbocycles. The second-order valence-corrected chi connectivity index (χ2v) is 9.11. The maximum atomic E-state index is 12.6. The first-order valence-corrected chi connectivity index (χ1v) is 10.1. The Labute approximate surface area is 186 Å². The summed E-state index contributed by atoms with van der Waals surface area (Å²) >= 11 is 0. The van der Waals surface area contributed by atoms with Crippen molar-refractivity contribution in [2.75, 3.05) is 0 Å². The van der Waals surface area contributed by atoms with E-state index >= 15 is 0 Å². The fourth-order valence-electron chi connectivity index (χ4n) is 2.44. The summed E-state index contributed by atoms with van der Waals surface area (Å²) in [5, 5.41) is 27.0. The Morgan fingerprint density at radius 3 is 1.84 bits per heavy atom. The van der Waals surface area contributed by atoms with Crippen LogP contribution in [0.25, 0.3) is 0 Å². The van der Waals surface area contributed by atoms with Crippen LogP contribution < -0.4 is 10.6 Å². The highest BCUT2D eigenvalue weighted by Gasteiger charge is 2.30. The molecule has 2 atom stereocenters. The number of hydrogen-bond acceptors (Lipinski definition) is 9. The van der Waals surface area contributed by atoms with Gasteiger partial charge in [0.1, 0.15) is 29.1 Å². The molecule has 4 N–H and O–H groups in total. The van der Waals surface area contributed by atoms with Crippen LogP contribution in [-0.4, -0.2) is 73.0 Å². The number of ether oxygens (including phenoxy) is 2. The van der Waals surface area contributed by atoms with Crippen LogP contribution in [0.1, 0.15) is 66.6 Å². The fraction of sp³-hybridized carbons (Fsp3) is 0.737. The van der Waals surface area contributed by atoms with Gasteiger partial charge < -0.3 is 25.2 Å². The predicted molar refractivity (Wildman–Crippen MR) is 110 cm³/mol. The summed E-state index contributed by atoms with van der Waals surface area (Å²) in [6.45, 7) is 10.0. The Morgan fingerprint density at radius 2 is 1.44 bits per heavy atom. The molecule has 1 heterocycles. The van der Waals surface area contributed by atoms with Crippen molar-refractivity contribution in [1.82, 2.24) is 31.3 Å². The lowest BCUT2D eigenvalue weighted by atomic mass is 10.1. The van der Waals surface area contributed by atoms with Crippen molar-refractivity contribution in [1.29, 1.82) is 0 Å². The number of carbonyl (C=O) groups excluding carboxylic acids is 3. The Balaban J connectivity index is 2.88. The number of tetrazole rings is 1. The maximum Gasteiger partial charge on any atom is 0.329 e. The van der Waals surface area contributed by atoms with Crippen LogP contribution in [0, 0.1) is 0 Å². The first-order chi connectivity index (χ1) is 14.7. The SMILES string of the molecule is CC(C)(C)OC(=O)[C@H](CCC(=O)O)NC(=O)N[C@@H](CCc1nnn[nH]1)C(=O)OC(C)(C)C. The van der Waals surface area contributed by atoms with Crippen molar-refractivity contribution >= 4 is 23.9 Å². The van der Waals surface area contributed by atoms with Gasteiger partial charge in [0.15, 0.2) is 0 Å². The van der Waals surface area contributed by atoms with Crippen LogP contribution in [0.2, 0.25) is 0 Å². The number of aryl methyl sites for hydroxylation is 1. The number of aromatic amines is 1. The fourth-order valence-corrected chi connectivity index (χ4v) is 2.44. The summed E-state index contributed by atoms with van der Waals surface area (Å²) in [5.41, 5.74) is -1.62. The third kappa shape index (κ3) is 11.2. The van der Waals surface area contributed by atoms with E-state index in [1.165, 1.54) is 0 Å². The summed E-state index contributed by atoms with van der Waals surface area (Å²) in [6.07, 6.45) is -0.187. The Bertz CT molecular complexity index is 783. The van der Waals surface area contributed by atoms with E-state index in [9.17, 15) is 19.2 Å². The molecule has 1 aromatic rings. The Hall–Kier alpha value is -3.25. The molecule has 0 radical (unpaired) electrons. The van der Waals surface area contributed by atoms with Gasteiger partial charge in [-0.3, -0.25) is 4.79 Å². The van der Waals surface area contributed by atoms with Crippen molar-refractivity contribution in [2.45, 2.75) is 90.5 Å². The van der Waals surface area contributed by atoms with Crippen molar-refractivity contribution in [3.05, 3.63) is 5.82 Å². The molecule has 0 fully saturated rings. The zero-order valence-corrected chi connectivity index (χ0v) is 19.2. The topological polar surface area (TPSA) is 185 Å². The maximum absolute atomic E-state index is 12.6. The highest BCUT2D eigenvalue weighted by molar-refractivity contribution is 5.87. The summed E-state index contributed by atoms with van der Waals surface area (Å²) in [5.74, 6) is -2.18. The molecule has 0 saturated carbocycles. The van der Waals surface area contributed by atoms with Crippen LogP contribution in [0.5, 0.6) is 0 Å². The average molecular weight is 457 g/mol. The number of hydrogen-bond donors (Lipinski definition) is 4. The van der Waals surface area contributed by atoms with E-state index in [0.717, 1.165) is 0 Å². The van der Waals surface area contributed by atoms with Crippen LogP contribution in [0.3, 0.4) is 0 Å². The number of aliphatic carboxylic acids is 1. The van der Waals surface area contributed by atoms with Crippen molar-refractivity contribution < 1.29 is 33.8 Å². The van der Waals surface area contributed by atoms with Gasteiger partial charge in [-0.1, -0.05) is 0 Å². The molecule has 13 heteroatoms. The highest BCUT2D eigenvalue weighted by Crippen LogP contribution is 2.13. The molecule has 32 heavy (non-hydrogen) atoms. The molecule has 0 aromatic carbocycles. The van der Waals surface area contributed by atoms with Gasteiger partial charge in [0.2, 0.25) is 0 Å². The zero-order chi connectivity index (χ0) is 24.5. The molecule has 180 valence electrons. The van der Waals surface area contributed by atoms with Gasteiger partial charge in [0.25, 0.3) is 0 Å². The predicted octanol–water partition coefficient (Wildman–Crippen LogP) is 0.717. The zero-order valence-electron chi connectivity index (χ0n) is 19.2. The minimum absolute atomic E-state index is 0.117. The number of amides is 2. The van der Waals surface area contributed by atoms with Crippen molar-refractivity contribution in [3.8, 4) is 0 Å². The third-order valence-electron chi connectivity index (χ3n) is 3.70. The molecule has 0 spiro atoms.